The highest BCUT2D eigenvalue weighted by Crippen LogP contribution is 2.39. The van der Waals surface area contributed by atoms with E-state index in [1.54, 1.807) is 0 Å². The van der Waals surface area contributed by atoms with Crippen LogP contribution in [0.15, 0.2) is 18.2 Å². The molecule has 0 aliphatic carbocycles. The highest BCUT2D eigenvalue weighted by Gasteiger charge is 2.36. The van der Waals surface area contributed by atoms with Crippen LogP contribution in [0.25, 0.3) is 0 Å². The summed E-state index contributed by atoms with van der Waals surface area (Å²) in [6.07, 6.45) is -3.00. The number of hydrogen-bond donors (Lipinski definition) is 1. The lowest BCUT2D eigenvalue weighted by Gasteiger charge is -2.35. The van der Waals surface area contributed by atoms with Gasteiger partial charge in [0, 0.05) is 6.04 Å². The normalized spacial score (nSPS) is 14.3. The zero-order chi connectivity index (χ0) is 16.3. The van der Waals surface area contributed by atoms with Crippen LogP contribution in [0.5, 0.6) is 0 Å². The fraction of sp³-hybridized carbons (Fsp3) is 0.625. The molecule has 0 bridgehead atoms. The van der Waals surface area contributed by atoms with Crippen molar-refractivity contribution in [1.82, 2.24) is 5.32 Å². The number of rotatable bonds is 6. The minimum Gasteiger partial charge on any atom is -0.309 e. The number of halogens is 4. The molecule has 0 saturated heterocycles. The van der Waals surface area contributed by atoms with Gasteiger partial charge in [0.1, 0.15) is 5.82 Å². The average molecular weight is 305 g/mol. The van der Waals surface area contributed by atoms with Gasteiger partial charge in [0.05, 0.1) is 5.56 Å². The molecule has 1 atom stereocenters. The summed E-state index contributed by atoms with van der Waals surface area (Å²) in [5.41, 5.74) is -0.949. The standard InChI is InChI=1S/C16H23F4N/c1-5-9-21-14(15(3,4)6-2)11-7-8-13(17)12(10-11)16(18,19)20/h7-8,10,14,21H,5-6,9H2,1-4H3. The van der Waals surface area contributed by atoms with Gasteiger partial charge in [0.25, 0.3) is 0 Å². The van der Waals surface area contributed by atoms with Crippen LogP contribution in [0.1, 0.15) is 57.7 Å². The molecule has 0 saturated carbocycles. The summed E-state index contributed by atoms with van der Waals surface area (Å²) >= 11 is 0. The van der Waals surface area contributed by atoms with Gasteiger partial charge in [-0.1, -0.05) is 33.8 Å². The quantitative estimate of drug-likeness (QED) is 0.701. The van der Waals surface area contributed by atoms with Crippen molar-refractivity contribution in [2.45, 2.75) is 52.8 Å². The lowest BCUT2D eigenvalue weighted by molar-refractivity contribution is -0.140. The average Bonchev–Trinajstić information content (AvgIpc) is 2.39. The van der Waals surface area contributed by atoms with Gasteiger partial charge in [-0.05, 0) is 42.5 Å². The molecule has 0 heterocycles. The molecule has 21 heavy (non-hydrogen) atoms. The highest BCUT2D eigenvalue weighted by molar-refractivity contribution is 5.30. The Hall–Kier alpha value is -1.10. The number of benzene rings is 1. The molecular formula is C16H23F4N. The van der Waals surface area contributed by atoms with Crippen LogP contribution in [0.4, 0.5) is 17.6 Å². The smallest absolute Gasteiger partial charge is 0.309 e. The molecule has 5 heteroatoms. The maximum Gasteiger partial charge on any atom is 0.419 e. The van der Waals surface area contributed by atoms with Gasteiger partial charge < -0.3 is 5.32 Å². The van der Waals surface area contributed by atoms with E-state index in [-0.39, 0.29) is 11.5 Å². The van der Waals surface area contributed by atoms with Gasteiger partial charge in [-0.25, -0.2) is 4.39 Å². The number of hydrogen-bond acceptors (Lipinski definition) is 1. The molecule has 120 valence electrons. The van der Waals surface area contributed by atoms with Crippen molar-refractivity contribution in [2.75, 3.05) is 6.54 Å². The molecule has 0 aromatic heterocycles. The summed E-state index contributed by atoms with van der Waals surface area (Å²) in [6.45, 7) is 8.68. The zero-order valence-corrected chi connectivity index (χ0v) is 12.9. The molecule has 1 aromatic rings. The third-order valence-electron chi connectivity index (χ3n) is 3.92. The fourth-order valence-corrected chi connectivity index (χ4v) is 2.28. The van der Waals surface area contributed by atoms with Crippen LogP contribution in [-0.2, 0) is 6.18 Å². The van der Waals surface area contributed by atoms with Crippen LogP contribution >= 0.6 is 0 Å². The van der Waals surface area contributed by atoms with Crippen LogP contribution in [-0.4, -0.2) is 6.54 Å². The largest absolute Gasteiger partial charge is 0.419 e. The van der Waals surface area contributed by atoms with Crippen molar-refractivity contribution in [3.8, 4) is 0 Å². The van der Waals surface area contributed by atoms with Gasteiger partial charge >= 0.3 is 6.18 Å². The van der Waals surface area contributed by atoms with Crippen LogP contribution in [0.3, 0.4) is 0 Å². The second-order valence-corrected chi connectivity index (χ2v) is 5.97. The molecule has 0 amide bonds. The molecule has 0 fully saturated rings. The molecule has 0 spiro atoms. The minimum absolute atomic E-state index is 0.226. The summed E-state index contributed by atoms with van der Waals surface area (Å²) in [6, 6.07) is 3.03. The van der Waals surface area contributed by atoms with E-state index in [1.807, 2.05) is 27.7 Å². The lowest BCUT2D eigenvalue weighted by Crippen LogP contribution is -2.34. The molecule has 1 N–H and O–H groups in total. The van der Waals surface area contributed by atoms with Crippen molar-refractivity contribution in [1.29, 1.82) is 0 Å². The van der Waals surface area contributed by atoms with Gasteiger partial charge in [0.15, 0.2) is 0 Å². The molecular weight excluding hydrogens is 282 g/mol. The van der Waals surface area contributed by atoms with Crippen molar-refractivity contribution in [3.63, 3.8) is 0 Å². The second-order valence-electron chi connectivity index (χ2n) is 5.97. The van der Waals surface area contributed by atoms with Gasteiger partial charge in [-0.3, -0.25) is 0 Å². The Morgan fingerprint density at radius 2 is 1.76 bits per heavy atom. The van der Waals surface area contributed by atoms with E-state index < -0.39 is 17.6 Å². The monoisotopic (exact) mass is 305 g/mol. The van der Waals surface area contributed by atoms with Gasteiger partial charge in [-0.15, -0.1) is 0 Å². The summed E-state index contributed by atoms with van der Waals surface area (Å²) in [5, 5.41) is 3.29. The summed E-state index contributed by atoms with van der Waals surface area (Å²) in [7, 11) is 0. The van der Waals surface area contributed by atoms with E-state index in [4.69, 9.17) is 0 Å². The van der Waals surface area contributed by atoms with E-state index in [9.17, 15) is 17.6 Å². The SMILES string of the molecule is CCCNC(c1ccc(F)c(C(F)(F)F)c1)C(C)(C)CC. The fourth-order valence-electron chi connectivity index (χ4n) is 2.28. The van der Waals surface area contributed by atoms with E-state index in [0.717, 1.165) is 25.0 Å². The molecule has 0 aliphatic rings. The molecule has 1 rings (SSSR count). The van der Waals surface area contributed by atoms with Crippen LogP contribution < -0.4 is 5.32 Å². The van der Waals surface area contributed by atoms with Crippen molar-refractivity contribution >= 4 is 0 Å². The molecule has 1 aromatic carbocycles. The van der Waals surface area contributed by atoms with E-state index in [2.05, 4.69) is 5.32 Å². The predicted octanol–water partition coefficient (Wildman–Crippen LogP) is 5.32. The maximum absolute atomic E-state index is 13.4. The summed E-state index contributed by atoms with van der Waals surface area (Å²) < 4.78 is 52.0. The Balaban J connectivity index is 3.25. The third kappa shape index (κ3) is 4.43. The van der Waals surface area contributed by atoms with Crippen LogP contribution in [0, 0.1) is 11.2 Å². The maximum atomic E-state index is 13.4. The topological polar surface area (TPSA) is 12.0 Å². The van der Waals surface area contributed by atoms with Gasteiger partial charge in [-0.2, -0.15) is 13.2 Å². The lowest BCUT2D eigenvalue weighted by atomic mass is 9.78. The number of nitrogens with one attached hydrogen (secondary N) is 1. The first-order valence-corrected chi connectivity index (χ1v) is 7.23. The molecule has 0 aliphatic heterocycles. The Morgan fingerprint density at radius 1 is 1.14 bits per heavy atom. The second kappa shape index (κ2) is 6.77. The Kier molecular flexibility index (Phi) is 5.79. The predicted molar refractivity (Wildman–Crippen MR) is 76.5 cm³/mol. The summed E-state index contributed by atoms with van der Waals surface area (Å²) in [4.78, 5) is 0. The van der Waals surface area contributed by atoms with Crippen molar-refractivity contribution in [2.24, 2.45) is 5.41 Å². The van der Waals surface area contributed by atoms with Gasteiger partial charge in [0.2, 0.25) is 0 Å². The minimum atomic E-state index is -4.67. The first-order chi connectivity index (χ1) is 9.63. The first-order valence-electron chi connectivity index (χ1n) is 7.23. The Labute approximate surface area is 123 Å². The Morgan fingerprint density at radius 3 is 2.24 bits per heavy atom. The van der Waals surface area contributed by atoms with Crippen molar-refractivity contribution < 1.29 is 17.6 Å². The van der Waals surface area contributed by atoms with Crippen LogP contribution in [0.2, 0.25) is 0 Å². The molecule has 1 nitrogen and oxygen atoms in total. The highest BCUT2D eigenvalue weighted by atomic mass is 19.4. The van der Waals surface area contributed by atoms with E-state index in [1.165, 1.54) is 6.07 Å². The first kappa shape index (κ1) is 18.0. The number of alkyl halides is 3. The van der Waals surface area contributed by atoms with E-state index in [0.29, 0.717) is 12.1 Å². The van der Waals surface area contributed by atoms with E-state index >= 15 is 0 Å². The molecule has 1 unspecified atom stereocenters. The summed E-state index contributed by atoms with van der Waals surface area (Å²) in [5.74, 6) is -1.23. The zero-order valence-electron chi connectivity index (χ0n) is 12.9. The third-order valence-corrected chi connectivity index (χ3v) is 3.92. The molecule has 0 radical (unpaired) electrons. The Bertz CT molecular complexity index is 466. The van der Waals surface area contributed by atoms with Crippen molar-refractivity contribution in [3.05, 3.63) is 35.1 Å².